The van der Waals surface area contributed by atoms with Gasteiger partial charge in [0.25, 0.3) is 5.91 Å². The Morgan fingerprint density at radius 2 is 1.93 bits per heavy atom. The van der Waals surface area contributed by atoms with E-state index in [2.05, 4.69) is 15.7 Å². The number of rotatable bonds is 4. The van der Waals surface area contributed by atoms with E-state index in [4.69, 9.17) is 4.74 Å². The Labute approximate surface area is 168 Å². The van der Waals surface area contributed by atoms with Crippen LogP contribution in [0.5, 0.6) is 5.75 Å². The number of hydrogen-bond acceptors (Lipinski definition) is 4. The summed E-state index contributed by atoms with van der Waals surface area (Å²) in [6.07, 6.45) is 0. The Bertz CT molecular complexity index is 1070. The van der Waals surface area contributed by atoms with Crippen LogP contribution < -0.4 is 15.4 Å². The van der Waals surface area contributed by atoms with Gasteiger partial charge in [-0.05, 0) is 36.8 Å². The van der Waals surface area contributed by atoms with Gasteiger partial charge in [-0.25, -0.2) is 0 Å². The van der Waals surface area contributed by atoms with Crippen molar-refractivity contribution in [2.24, 2.45) is 7.05 Å². The highest BCUT2D eigenvalue weighted by Gasteiger charge is 2.41. The van der Waals surface area contributed by atoms with Crippen LogP contribution in [0, 0.1) is 6.92 Å². The van der Waals surface area contributed by atoms with Crippen molar-refractivity contribution in [1.29, 1.82) is 0 Å². The number of nitrogens with one attached hydrogen (secondary N) is 2. The molecule has 2 amide bonds. The van der Waals surface area contributed by atoms with Crippen LogP contribution in [0.1, 0.15) is 33.1 Å². The van der Waals surface area contributed by atoms with Gasteiger partial charge in [0.2, 0.25) is 5.91 Å². The second-order valence-corrected chi connectivity index (χ2v) is 7.03. The summed E-state index contributed by atoms with van der Waals surface area (Å²) >= 11 is 0. The number of ether oxygens (including phenoxy) is 1. The van der Waals surface area contributed by atoms with Crippen molar-refractivity contribution in [1.82, 2.24) is 15.1 Å². The minimum absolute atomic E-state index is 0.280. The lowest BCUT2D eigenvalue weighted by Gasteiger charge is -2.32. The maximum atomic E-state index is 13.0. The van der Waals surface area contributed by atoms with E-state index in [0.29, 0.717) is 17.1 Å². The number of hydrogen-bond donors (Lipinski definition) is 2. The van der Waals surface area contributed by atoms with Gasteiger partial charge >= 0.3 is 0 Å². The van der Waals surface area contributed by atoms with Crippen LogP contribution in [-0.4, -0.2) is 34.7 Å². The molecule has 0 saturated carbocycles. The fourth-order valence-electron chi connectivity index (χ4n) is 3.86. The van der Waals surface area contributed by atoms with Crippen molar-refractivity contribution < 1.29 is 14.3 Å². The standard InChI is InChI=1S/C22H22N4O3/c1-13-17-18(15-10-7-11-16(12-15)29-3)19(22(28)24-20(17)26(2)25-13)23-21(27)14-8-5-4-6-9-14/h4-12,18-19H,1-3H3,(H,23,27)(H,24,28)/t18-,19+/m0/s1. The lowest BCUT2D eigenvalue weighted by molar-refractivity contribution is -0.118. The summed E-state index contributed by atoms with van der Waals surface area (Å²) in [4.78, 5) is 25.8. The number of fused-ring (bicyclic) bond motifs is 1. The van der Waals surface area contributed by atoms with Crippen molar-refractivity contribution >= 4 is 17.6 Å². The minimum atomic E-state index is -0.787. The number of benzene rings is 2. The van der Waals surface area contributed by atoms with Crippen LogP contribution in [0.3, 0.4) is 0 Å². The average molecular weight is 390 g/mol. The molecule has 0 fully saturated rings. The molecule has 0 saturated heterocycles. The number of nitrogens with zero attached hydrogens (tertiary/aromatic N) is 2. The van der Waals surface area contributed by atoms with Gasteiger partial charge in [-0.1, -0.05) is 30.3 Å². The third-order valence-electron chi connectivity index (χ3n) is 5.21. The van der Waals surface area contributed by atoms with Gasteiger partial charge in [-0.15, -0.1) is 0 Å². The first-order chi connectivity index (χ1) is 14.0. The van der Waals surface area contributed by atoms with Crippen molar-refractivity contribution in [2.45, 2.75) is 18.9 Å². The lowest BCUT2D eigenvalue weighted by atomic mass is 9.81. The third kappa shape index (κ3) is 3.35. The Kier molecular flexibility index (Phi) is 4.80. The first-order valence-electron chi connectivity index (χ1n) is 9.34. The SMILES string of the molecule is COc1cccc([C@H]2c3c(C)nn(C)c3NC(=O)[C@@H]2NC(=O)c2ccccc2)c1. The van der Waals surface area contributed by atoms with Gasteiger partial charge in [0.15, 0.2) is 0 Å². The Balaban J connectivity index is 1.80. The number of aromatic nitrogens is 2. The number of anilines is 1. The maximum absolute atomic E-state index is 13.0. The third-order valence-corrected chi connectivity index (χ3v) is 5.21. The van der Waals surface area contributed by atoms with E-state index in [1.54, 1.807) is 43.1 Å². The van der Waals surface area contributed by atoms with E-state index < -0.39 is 12.0 Å². The number of amides is 2. The normalized spacial score (nSPS) is 18.0. The number of carbonyl (C=O) groups excluding carboxylic acids is 2. The number of aryl methyl sites for hydroxylation is 2. The van der Waals surface area contributed by atoms with Crippen molar-refractivity contribution in [3.63, 3.8) is 0 Å². The molecule has 2 N–H and O–H groups in total. The molecule has 0 unspecified atom stereocenters. The molecule has 1 aliphatic heterocycles. The predicted molar refractivity (Wildman–Crippen MR) is 109 cm³/mol. The quantitative estimate of drug-likeness (QED) is 0.717. The van der Waals surface area contributed by atoms with E-state index in [0.717, 1.165) is 16.8 Å². The zero-order chi connectivity index (χ0) is 20.5. The molecule has 0 spiro atoms. The van der Waals surface area contributed by atoms with Gasteiger partial charge in [0, 0.05) is 24.1 Å². The van der Waals surface area contributed by atoms with Crippen LogP contribution >= 0.6 is 0 Å². The second kappa shape index (κ2) is 7.43. The molecule has 29 heavy (non-hydrogen) atoms. The summed E-state index contributed by atoms with van der Waals surface area (Å²) in [6, 6.07) is 15.6. The van der Waals surface area contributed by atoms with Gasteiger partial charge in [-0.2, -0.15) is 5.10 Å². The van der Waals surface area contributed by atoms with Gasteiger partial charge in [0.1, 0.15) is 17.6 Å². The van der Waals surface area contributed by atoms with Crippen molar-refractivity contribution in [3.05, 3.63) is 77.0 Å². The molecule has 2 heterocycles. The fourth-order valence-corrected chi connectivity index (χ4v) is 3.86. The molecule has 0 aliphatic carbocycles. The van der Waals surface area contributed by atoms with E-state index in [1.165, 1.54) is 0 Å². The molecule has 7 heteroatoms. The first kappa shape index (κ1) is 18.7. The largest absolute Gasteiger partial charge is 0.497 e. The molecule has 4 rings (SSSR count). The Hall–Kier alpha value is -3.61. The van der Waals surface area contributed by atoms with Crippen LogP contribution in [0.4, 0.5) is 5.82 Å². The summed E-state index contributed by atoms with van der Waals surface area (Å²) in [6.45, 7) is 1.90. The first-order valence-corrected chi connectivity index (χ1v) is 9.34. The number of carbonyl (C=O) groups is 2. The average Bonchev–Trinajstić information content (AvgIpc) is 3.02. The Morgan fingerprint density at radius 1 is 1.17 bits per heavy atom. The second-order valence-electron chi connectivity index (χ2n) is 7.03. The zero-order valence-corrected chi connectivity index (χ0v) is 16.5. The van der Waals surface area contributed by atoms with E-state index in [-0.39, 0.29) is 11.8 Å². The fraction of sp³-hybridized carbons (Fsp3) is 0.227. The van der Waals surface area contributed by atoms with Crippen molar-refractivity contribution in [3.8, 4) is 5.75 Å². The van der Waals surface area contributed by atoms with E-state index in [1.807, 2.05) is 37.3 Å². The van der Waals surface area contributed by atoms with Crippen LogP contribution in [-0.2, 0) is 11.8 Å². The van der Waals surface area contributed by atoms with Crippen LogP contribution in [0.15, 0.2) is 54.6 Å². The monoisotopic (exact) mass is 390 g/mol. The van der Waals surface area contributed by atoms with Crippen molar-refractivity contribution in [2.75, 3.05) is 12.4 Å². The van der Waals surface area contributed by atoms with Crippen LogP contribution in [0.25, 0.3) is 0 Å². The Morgan fingerprint density at radius 3 is 2.66 bits per heavy atom. The highest BCUT2D eigenvalue weighted by Crippen LogP contribution is 2.40. The molecule has 2 atom stereocenters. The summed E-state index contributed by atoms with van der Waals surface area (Å²) in [5.74, 6) is 0.353. The summed E-state index contributed by atoms with van der Waals surface area (Å²) < 4.78 is 7.03. The molecule has 3 aromatic rings. The van der Waals surface area contributed by atoms with E-state index in [9.17, 15) is 9.59 Å². The zero-order valence-electron chi connectivity index (χ0n) is 16.5. The summed E-state index contributed by atoms with van der Waals surface area (Å²) in [5.41, 5.74) is 3.06. The van der Waals surface area contributed by atoms with Gasteiger partial charge < -0.3 is 15.4 Å². The molecular formula is C22H22N4O3. The topological polar surface area (TPSA) is 85.2 Å². The molecule has 1 aromatic heterocycles. The molecule has 0 bridgehead atoms. The predicted octanol–water partition coefficient (Wildman–Crippen LogP) is 2.62. The van der Waals surface area contributed by atoms with Crippen LogP contribution in [0.2, 0.25) is 0 Å². The molecule has 2 aromatic carbocycles. The lowest BCUT2D eigenvalue weighted by Crippen LogP contribution is -2.50. The van der Waals surface area contributed by atoms with Gasteiger partial charge in [-0.3, -0.25) is 14.3 Å². The summed E-state index contributed by atoms with van der Waals surface area (Å²) in [5, 5.41) is 10.3. The number of methoxy groups -OCH3 is 1. The highest BCUT2D eigenvalue weighted by atomic mass is 16.5. The molecule has 7 nitrogen and oxygen atoms in total. The molecular weight excluding hydrogens is 368 g/mol. The molecule has 0 radical (unpaired) electrons. The molecule has 148 valence electrons. The van der Waals surface area contributed by atoms with Gasteiger partial charge in [0.05, 0.1) is 12.8 Å². The highest BCUT2D eigenvalue weighted by molar-refractivity contribution is 6.03. The molecule has 1 aliphatic rings. The maximum Gasteiger partial charge on any atom is 0.251 e. The smallest absolute Gasteiger partial charge is 0.251 e. The van der Waals surface area contributed by atoms with E-state index >= 15 is 0 Å². The minimum Gasteiger partial charge on any atom is -0.497 e. The summed E-state index contributed by atoms with van der Waals surface area (Å²) in [7, 11) is 3.39.